The summed E-state index contributed by atoms with van der Waals surface area (Å²) in [4.78, 5) is 7.76. The standard InChI is InChI=1S/C13H16N2O3S/c16-8-11-7-15(3-4-17-11)6-10-9-18-13(14-10)12-2-1-5-19-12/h1-2,5,9,11,16H,3-4,6-8H2. The van der Waals surface area contributed by atoms with Crippen molar-refractivity contribution in [3.63, 3.8) is 0 Å². The van der Waals surface area contributed by atoms with Crippen LogP contribution in [0.2, 0.25) is 0 Å². The Morgan fingerprint density at radius 3 is 3.26 bits per heavy atom. The van der Waals surface area contributed by atoms with Gasteiger partial charge in [0, 0.05) is 19.6 Å². The van der Waals surface area contributed by atoms with Gasteiger partial charge in [0.05, 0.1) is 29.9 Å². The van der Waals surface area contributed by atoms with E-state index in [4.69, 9.17) is 14.3 Å². The molecular weight excluding hydrogens is 264 g/mol. The molecule has 1 atom stereocenters. The van der Waals surface area contributed by atoms with Crippen LogP contribution >= 0.6 is 11.3 Å². The Morgan fingerprint density at radius 2 is 2.47 bits per heavy atom. The first-order valence-corrected chi connectivity index (χ1v) is 7.16. The lowest BCUT2D eigenvalue weighted by atomic mass is 10.2. The molecule has 3 heterocycles. The zero-order valence-corrected chi connectivity index (χ0v) is 11.3. The fourth-order valence-electron chi connectivity index (χ4n) is 2.16. The van der Waals surface area contributed by atoms with Crippen LogP contribution < -0.4 is 0 Å². The minimum atomic E-state index is -0.0857. The van der Waals surface area contributed by atoms with E-state index < -0.39 is 0 Å². The van der Waals surface area contributed by atoms with Gasteiger partial charge in [0.25, 0.3) is 0 Å². The predicted molar refractivity (Wildman–Crippen MR) is 71.9 cm³/mol. The average molecular weight is 280 g/mol. The van der Waals surface area contributed by atoms with E-state index in [-0.39, 0.29) is 12.7 Å². The van der Waals surface area contributed by atoms with Crippen molar-refractivity contribution in [2.75, 3.05) is 26.3 Å². The summed E-state index contributed by atoms with van der Waals surface area (Å²) in [6, 6.07) is 3.98. The molecule has 2 aromatic heterocycles. The van der Waals surface area contributed by atoms with Crippen LogP contribution in [0.4, 0.5) is 0 Å². The Bertz CT molecular complexity index is 512. The molecule has 102 valence electrons. The largest absolute Gasteiger partial charge is 0.444 e. The van der Waals surface area contributed by atoms with Gasteiger partial charge >= 0.3 is 0 Å². The number of aromatic nitrogens is 1. The highest BCUT2D eigenvalue weighted by molar-refractivity contribution is 7.13. The first-order valence-electron chi connectivity index (χ1n) is 6.28. The molecule has 1 aliphatic heterocycles. The third-order valence-electron chi connectivity index (χ3n) is 3.10. The van der Waals surface area contributed by atoms with Crippen LogP contribution in [0, 0.1) is 0 Å². The molecule has 0 radical (unpaired) electrons. The number of hydrogen-bond donors (Lipinski definition) is 1. The van der Waals surface area contributed by atoms with E-state index in [0.29, 0.717) is 12.5 Å². The number of aliphatic hydroxyl groups is 1. The Morgan fingerprint density at radius 1 is 1.53 bits per heavy atom. The molecule has 0 aromatic carbocycles. The predicted octanol–water partition coefficient (Wildman–Crippen LogP) is 1.60. The van der Waals surface area contributed by atoms with Crippen molar-refractivity contribution in [2.24, 2.45) is 0 Å². The molecule has 1 fully saturated rings. The number of morpholine rings is 1. The molecule has 1 unspecified atom stereocenters. The number of oxazole rings is 1. The number of aliphatic hydroxyl groups excluding tert-OH is 1. The van der Waals surface area contributed by atoms with Crippen LogP contribution in [0.15, 0.2) is 28.2 Å². The summed E-state index contributed by atoms with van der Waals surface area (Å²) in [6.45, 7) is 3.04. The van der Waals surface area contributed by atoms with E-state index in [1.54, 1.807) is 17.6 Å². The molecule has 0 amide bonds. The third kappa shape index (κ3) is 3.03. The van der Waals surface area contributed by atoms with Gasteiger partial charge < -0.3 is 14.3 Å². The second kappa shape index (κ2) is 5.83. The molecule has 1 saturated heterocycles. The highest BCUT2D eigenvalue weighted by Crippen LogP contribution is 2.24. The van der Waals surface area contributed by atoms with Gasteiger partial charge in [-0.1, -0.05) is 6.07 Å². The van der Waals surface area contributed by atoms with Gasteiger partial charge in [-0.25, -0.2) is 4.98 Å². The molecule has 0 bridgehead atoms. The fraction of sp³-hybridized carbons (Fsp3) is 0.462. The molecule has 1 aliphatic rings. The maximum Gasteiger partial charge on any atom is 0.236 e. The van der Waals surface area contributed by atoms with Crippen molar-refractivity contribution in [1.82, 2.24) is 9.88 Å². The van der Waals surface area contributed by atoms with E-state index in [2.05, 4.69) is 9.88 Å². The van der Waals surface area contributed by atoms with Gasteiger partial charge in [-0.05, 0) is 11.4 Å². The van der Waals surface area contributed by atoms with Crippen molar-refractivity contribution >= 4 is 11.3 Å². The monoisotopic (exact) mass is 280 g/mol. The molecule has 0 saturated carbocycles. The lowest BCUT2D eigenvalue weighted by molar-refractivity contribution is -0.0553. The van der Waals surface area contributed by atoms with Crippen LogP contribution in [0.1, 0.15) is 5.69 Å². The molecule has 3 rings (SSSR count). The summed E-state index contributed by atoms with van der Waals surface area (Å²) in [7, 11) is 0. The number of hydrogen-bond acceptors (Lipinski definition) is 6. The Balaban J connectivity index is 1.64. The lowest BCUT2D eigenvalue weighted by Gasteiger charge is -2.31. The maximum atomic E-state index is 9.12. The number of ether oxygens (including phenoxy) is 1. The van der Waals surface area contributed by atoms with Crippen LogP contribution in [-0.4, -0.2) is 47.4 Å². The minimum Gasteiger partial charge on any atom is -0.444 e. The quantitative estimate of drug-likeness (QED) is 0.921. The summed E-state index contributed by atoms with van der Waals surface area (Å²) in [5.41, 5.74) is 0.919. The van der Waals surface area contributed by atoms with Gasteiger partial charge in [-0.3, -0.25) is 4.90 Å². The second-order valence-corrected chi connectivity index (χ2v) is 5.48. The summed E-state index contributed by atoms with van der Waals surface area (Å²) in [6.07, 6.45) is 1.62. The first kappa shape index (κ1) is 12.8. The van der Waals surface area contributed by atoms with E-state index in [9.17, 15) is 0 Å². The molecule has 19 heavy (non-hydrogen) atoms. The molecule has 5 nitrogen and oxygen atoms in total. The first-order chi connectivity index (χ1) is 9.35. The molecular formula is C13H16N2O3S. The Kier molecular flexibility index (Phi) is 3.93. The molecule has 6 heteroatoms. The topological polar surface area (TPSA) is 58.7 Å². The number of rotatable bonds is 4. The maximum absolute atomic E-state index is 9.12. The Labute approximate surface area is 115 Å². The SMILES string of the molecule is OCC1CN(Cc2coc(-c3cccs3)n2)CCO1. The van der Waals surface area contributed by atoms with Gasteiger partial charge in [0.15, 0.2) is 0 Å². The molecule has 0 spiro atoms. The fourth-order valence-corrected chi connectivity index (χ4v) is 2.81. The van der Waals surface area contributed by atoms with Crippen molar-refractivity contribution < 1.29 is 14.3 Å². The number of thiophene rings is 1. The molecule has 1 N–H and O–H groups in total. The summed E-state index contributed by atoms with van der Waals surface area (Å²) in [5, 5.41) is 11.1. The molecule has 2 aromatic rings. The van der Waals surface area contributed by atoms with Gasteiger partial charge in [-0.2, -0.15) is 0 Å². The third-order valence-corrected chi connectivity index (χ3v) is 3.95. The normalized spacial score (nSPS) is 20.8. The number of nitrogens with zero attached hydrogens (tertiary/aromatic N) is 2. The van der Waals surface area contributed by atoms with Gasteiger partial charge in [0.2, 0.25) is 5.89 Å². The van der Waals surface area contributed by atoms with E-state index in [0.717, 1.165) is 30.2 Å². The molecule has 0 aliphatic carbocycles. The minimum absolute atomic E-state index is 0.0652. The van der Waals surface area contributed by atoms with Crippen LogP contribution in [0.3, 0.4) is 0 Å². The van der Waals surface area contributed by atoms with Crippen molar-refractivity contribution in [3.8, 4) is 10.8 Å². The lowest BCUT2D eigenvalue weighted by Crippen LogP contribution is -2.43. The summed E-state index contributed by atoms with van der Waals surface area (Å²) < 4.78 is 10.9. The zero-order chi connectivity index (χ0) is 13.1. The van der Waals surface area contributed by atoms with Gasteiger partial charge in [0.1, 0.15) is 6.26 Å². The van der Waals surface area contributed by atoms with E-state index >= 15 is 0 Å². The van der Waals surface area contributed by atoms with Crippen molar-refractivity contribution in [2.45, 2.75) is 12.6 Å². The highest BCUT2D eigenvalue weighted by Gasteiger charge is 2.20. The van der Waals surface area contributed by atoms with Crippen LogP contribution in [-0.2, 0) is 11.3 Å². The van der Waals surface area contributed by atoms with Gasteiger partial charge in [-0.15, -0.1) is 11.3 Å². The Hall–Kier alpha value is -1.21. The summed E-state index contributed by atoms with van der Waals surface area (Å²) in [5.74, 6) is 0.678. The zero-order valence-electron chi connectivity index (χ0n) is 10.5. The van der Waals surface area contributed by atoms with Crippen LogP contribution in [0.25, 0.3) is 10.8 Å². The summed E-state index contributed by atoms with van der Waals surface area (Å²) >= 11 is 1.62. The van der Waals surface area contributed by atoms with Crippen molar-refractivity contribution in [1.29, 1.82) is 0 Å². The smallest absolute Gasteiger partial charge is 0.236 e. The van der Waals surface area contributed by atoms with E-state index in [1.807, 2.05) is 17.5 Å². The average Bonchev–Trinajstić information content (AvgIpc) is 3.09. The van der Waals surface area contributed by atoms with Crippen LogP contribution in [0.5, 0.6) is 0 Å². The van der Waals surface area contributed by atoms with Crippen molar-refractivity contribution in [3.05, 3.63) is 29.5 Å². The second-order valence-electron chi connectivity index (χ2n) is 4.53. The highest BCUT2D eigenvalue weighted by atomic mass is 32.1. The van der Waals surface area contributed by atoms with E-state index in [1.165, 1.54) is 0 Å².